The molecule has 1 aliphatic carbocycles. The first-order valence-corrected chi connectivity index (χ1v) is 9.19. The standard InChI is InChI=1S/C18H24FNO2.C2H6/c1-2-22-17(21)10-18(8-9-18)15-12-20(13-16(15)19)11-14-6-4-3-5-7-14;1-2/h3-7,15-16H,2,8-13H2,1H3;1-2H3. The molecule has 1 saturated carbocycles. The third-order valence-corrected chi connectivity index (χ3v) is 5.05. The molecule has 1 saturated heterocycles. The zero-order valence-electron chi connectivity index (χ0n) is 15.1. The number of ether oxygens (including phenoxy) is 1. The third-order valence-electron chi connectivity index (χ3n) is 5.05. The molecule has 0 aromatic heterocycles. The molecule has 1 heterocycles. The van der Waals surface area contributed by atoms with Gasteiger partial charge in [0.05, 0.1) is 13.0 Å². The van der Waals surface area contributed by atoms with E-state index < -0.39 is 6.17 Å². The van der Waals surface area contributed by atoms with E-state index in [1.54, 1.807) is 0 Å². The van der Waals surface area contributed by atoms with Crippen LogP contribution < -0.4 is 0 Å². The van der Waals surface area contributed by atoms with E-state index in [2.05, 4.69) is 17.0 Å². The Bertz CT molecular complexity index is 516. The first-order chi connectivity index (χ1) is 11.6. The Labute approximate surface area is 145 Å². The largest absolute Gasteiger partial charge is 0.466 e. The van der Waals surface area contributed by atoms with Gasteiger partial charge in [-0.15, -0.1) is 0 Å². The number of carbonyl (C=O) groups excluding carboxylic acids is 1. The summed E-state index contributed by atoms with van der Waals surface area (Å²) in [5.41, 5.74) is 1.07. The van der Waals surface area contributed by atoms with Gasteiger partial charge in [0.2, 0.25) is 0 Å². The molecule has 134 valence electrons. The molecule has 24 heavy (non-hydrogen) atoms. The molecule has 4 heteroatoms. The normalized spacial score (nSPS) is 24.8. The van der Waals surface area contributed by atoms with Crippen LogP contribution in [0.25, 0.3) is 0 Å². The molecule has 1 aromatic rings. The van der Waals surface area contributed by atoms with Crippen LogP contribution in [0.3, 0.4) is 0 Å². The average molecular weight is 335 g/mol. The van der Waals surface area contributed by atoms with Gasteiger partial charge in [-0.3, -0.25) is 9.69 Å². The minimum absolute atomic E-state index is 0.0272. The van der Waals surface area contributed by atoms with Crippen molar-refractivity contribution in [2.24, 2.45) is 11.3 Å². The van der Waals surface area contributed by atoms with Crippen molar-refractivity contribution in [3.63, 3.8) is 0 Å². The molecule has 1 aromatic carbocycles. The van der Waals surface area contributed by atoms with Gasteiger partial charge in [0.25, 0.3) is 0 Å². The first kappa shape index (κ1) is 18.9. The summed E-state index contributed by atoms with van der Waals surface area (Å²) in [4.78, 5) is 14.0. The number of esters is 1. The van der Waals surface area contributed by atoms with Crippen molar-refractivity contribution in [1.29, 1.82) is 0 Å². The van der Waals surface area contributed by atoms with E-state index in [9.17, 15) is 9.18 Å². The van der Waals surface area contributed by atoms with Crippen LogP contribution in [0.2, 0.25) is 0 Å². The van der Waals surface area contributed by atoms with Crippen molar-refractivity contribution in [1.82, 2.24) is 4.90 Å². The van der Waals surface area contributed by atoms with E-state index >= 15 is 0 Å². The molecule has 2 atom stereocenters. The fourth-order valence-corrected chi connectivity index (χ4v) is 3.73. The Kier molecular flexibility index (Phi) is 6.79. The predicted molar refractivity (Wildman–Crippen MR) is 94.4 cm³/mol. The lowest BCUT2D eigenvalue weighted by molar-refractivity contribution is -0.145. The van der Waals surface area contributed by atoms with Gasteiger partial charge in [0, 0.05) is 25.6 Å². The van der Waals surface area contributed by atoms with Crippen LogP contribution in [0.15, 0.2) is 30.3 Å². The Balaban J connectivity index is 0.00000100. The van der Waals surface area contributed by atoms with Gasteiger partial charge in [0.1, 0.15) is 6.17 Å². The molecule has 0 amide bonds. The zero-order chi connectivity index (χ0) is 17.6. The lowest BCUT2D eigenvalue weighted by Gasteiger charge is -2.23. The fraction of sp³-hybridized carbons (Fsp3) is 0.650. The van der Waals surface area contributed by atoms with E-state index in [1.165, 1.54) is 5.56 Å². The Morgan fingerprint density at radius 1 is 1.25 bits per heavy atom. The molecule has 0 spiro atoms. The lowest BCUT2D eigenvalue weighted by atomic mass is 9.84. The van der Waals surface area contributed by atoms with Gasteiger partial charge >= 0.3 is 5.97 Å². The molecule has 2 aliphatic rings. The van der Waals surface area contributed by atoms with Gasteiger partial charge < -0.3 is 4.74 Å². The van der Waals surface area contributed by atoms with Crippen LogP contribution >= 0.6 is 0 Å². The van der Waals surface area contributed by atoms with E-state index in [-0.39, 0.29) is 17.3 Å². The highest BCUT2D eigenvalue weighted by molar-refractivity contribution is 5.71. The van der Waals surface area contributed by atoms with Gasteiger partial charge in [-0.25, -0.2) is 4.39 Å². The number of nitrogens with zero attached hydrogens (tertiary/aromatic N) is 1. The van der Waals surface area contributed by atoms with Crippen LogP contribution in [-0.4, -0.2) is 36.7 Å². The number of benzene rings is 1. The molecule has 0 radical (unpaired) electrons. The Morgan fingerprint density at radius 3 is 2.50 bits per heavy atom. The molecule has 0 N–H and O–H groups in total. The molecule has 2 fully saturated rings. The number of halogens is 1. The molecule has 3 nitrogen and oxygen atoms in total. The van der Waals surface area contributed by atoms with Crippen molar-refractivity contribution in [2.45, 2.75) is 52.8 Å². The van der Waals surface area contributed by atoms with Gasteiger partial charge in [-0.1, -0.05) is 44.2 Å². The summed E-state index contributed by atoms with van der Waals surface area (Å²) in [7, 11) is 0. The summed E-state index contributed by atoms with van der Waals surface area (Å²) in [6, 6.07) is 10.2. The van der Waals surface area contributed by atoms with Crippen LogP contribution in [0, 0.1) is 11.3 Å². The predicted octanol–water partition coefficient (Wildman–Crippen LogP) is 4.22. The average Bonchev–Trinajstić information content (AvgIpc) is 3.26. The third kappa shape index (κ3) is 4.56. The molecule has 2 unspecified atom stereocenters. The molecule has 1 aliphatic heterocycles. The summed E-state index contributed by atoms with van der Waals surface area (Å²) in [6.07, 6.45) is 1.46. The lowest BCUT2D eigenvalue weighted by Crippen LogP contribution is -2.28. The second-order valence-corrected chi connectivity index (χ2v) is 6.65. The van der Waals surface area contributed by atoms with Crippen LogP contribution in [-0.2, 0) is 16.1 Å². The topological polar surface area (TPSA) is 29.5 Å². The van der Waals surface area contributed by atoms with Crippen LogP contribution in [0.4, 0.5) is 4.39 Å². The molecular weight excluding hydrogens is 305 g/mol. The Morgan fingerprint density at radius 2 is 1.92 bits per heavy atom. The number of carbonyl (C=O) groups is 1. The number of alkyl halides is 1. The number of hydrogen-bond acceptors (Lipinski definition) is 3. The minimum Gasteiger partial charge on any atom is -0.466 e. The van der Waals surface area contributed by atoms with Crippen molar-refractivity contribution in [3.05, 3.63) is 35.9 Å². The number of hydrogen-bond donors (Lipinski definition) is 0. The van der Waals surface area contributed by atoms with E-state index in [0.717, 1.165) is 25.9 Å². The van der Waals surface area contributed by atoms with Gasteiger partial charge in [-0.05, 0) is 30.7 Å². The summed E-state index contributed by atoms with van der Waals surface area (Å²) < 4.78 is 19.6. The summed E-state index contributed by atoms with van der Waals surface area (Å²) in [5.74, 6) is -0.200. The van der Waals surface area contributed by atoms with Crippen LogP contribution in [0.1, 0.15) is 45.6 Å². The molecular formula is C20H30FNO2. The number of rotatable bonds is 6. The summed E-state index contributed by atoms with van der Waals surface area (Å²) in [5, 5.41) is 0. The summed E-state index contributed by atoms with van der Waals surface area (Å²) in [6.45, 7) is 8.22. The van der Waals surface area contributed by atoms with E-state index in [4.69, 9.17) is 4.74 Å². The summed E-state index contributed by atoms with van der Waals surface area (Å²) >= 11 is 0. The van der Waals surface area contributed by atoms with Crippen molar-refractivity contribution >= 4 is 5.97 Å². The van der Waals surface area contributed by atoms with Crippen molar-refractivity contribution in [2.75, 3.05) is 19.7 Å². The highest BCUT2D eigenvalue weighted by Gasteiger charge is 2.56. The quantitative estimate of drug-likeness (QED) is 0.729. The monoisotopic (exact) mass is 335 g/mol. The fourth-order valence-electron chi connectivity index (χ4n) is 3.73. The maximum atomic E-state index is 14.5. The highest BCUT2D eigenvalue weighted by Crippen LogP contribution is 2.58. The second-order valence-electron chi connectivity index (χ2n) is 6.65. The van der Waals surface area contributed by atoms with Gasteiger partial charge in [0.15, 0.2) is 0 Å². The SMILES string of the molecule is CC.CCOC(=O)CC1(C2CN(Cc3ccccc3)CC2F)CC1. The molecule has 3 rings (SSSR count). The smallest absolute Gasteiger partial charge is 0.306 e. The minimum atomic E-state index is -0.833. The van der Waals surface area contributed by atoms with Crippen LogP contribution in [0.5, 0.6) is 0 Å². The van der Waals surface area contributed by atoms with E-state index in [0.29, 0.717) is 19.6 Å². The first-order valence-electron chi connectivity index (χ1n) is 9.19. The van der Waals surface area contributed by atoms with Gasteiger partial charge in [-0.2, -0.15) is 0 Å². The Hall–Kier alpha value is -1.42. The molecule has 0 bridgehead atoms. The maximum absolute atomic E-state index is 14.5. The highest BCUT2D eigenvalue weighted by atomic mass is 19.1. The maximum Gasteiger partial charge on any atom is 0.306 e. The second kappa shape index (κ2) is 8.61. The van der Waals surface area contributed by atoms with Crippen molar-refractivity contribution < 1.29 is 13.9 Å². The van der Waals surface area contributed by atoms with Crippen molar-refractivity contribution in [3.8, 4) is 0 Å². The van der Waals surface area contributed by atoms with E-state index in [1.807, 2.05) is 39.0 Å². The zero-order valence-corrected chi connectivity index (χ0v) is 15.1. The number of likely N-dealkylation sites (tertiary alicyclic amines) is 1.